The van der Waals surface area contributed by atoms with Gasteiger partial charge in [-0.05, 0) is 48.4 Å². The average Bonchev–Trinajstić information content (AvgIpc) is 2.91. The fraction of sp³-hybridized carbons (Fsp3) is 0.217. The van der Waals surface area contributed by atoms with Gasteiger partial charge < -0.3 is 9.84 Å². The van der Waals surface area contributed by atoms with Crippen LogP contribution in [0.1, 0.15) is 17.9 Å². The van der Waals surface area contributed by atoms with Crippen molar-refractivity contribution in [3.8, 4) is 11.5 Å². The molecule has 1 heterocycles. The highest BCUT2D eigenvalue weighted by molar-refractivity contribution is 6.58. The molecule has 2 amide bonds. The van der Waals surface area contributed by atoms with Crippen LogP contribution in [0.3, 0.4) is 0 Å². The Kier molecular flexibility index (Phi) is 5.10. The average molecular weight is 462 g/mol. The van der Waals surface area contributed by atoms with Crippen LogP contribution in [-0.4, -0.2) is 33.8 Å². The maximum atomic E-state index is 13.7. The first kappa shape index (κ1) is 21.4. The largest absolute Gasteiger partial charge is 0.508 e. The number of allylic oxidation sites excluding steroid dienone is 3. The number of hydrogen-bond acceptors (Lipinski definition) is 4. The number of methoxy groups -OCH3 is 1. The predicted octanol–water partition coefficient (Wildman–Crippen LogP) is 4.67. The van der Waals surface area contributed by atoms with Gasteiger partial charge in [-0.1, -0.05) is 24.8 Å². The maximum Gasteiger partial charge on any atom is 0.258 e. The van der Waals surface area contributed by atoms with Gasteiger partial charge in [-0.25, -0.2) is 9.29 Å². The van der Waals surface area contributed by atoms with Crippen LogP contribution >= 0.6 is 23.2 Å². The van der Waals surface area contributed by atoms with Crippen molar-refractivity contribution in [1.82, 2.24) is 0 Å². The zero-order chi connectivity index (χ0) is 22.6. The number of nitrogens with zero attached hydrogens (tertiary/aromatic N) is 1. The maximum absolute atomic E-state index is 13.7. The number of phenols is 1. The summed E-state index contributed by atoms with van der Waals surface area (Å²) in [6, 6.07) is 9.51. The van der Waals surface area contributed by atoms with Crippen molar-refractivity contribution in [2.75, 3.05) is 12.0 Å². The Morgan fingerprint density at radius 2 is 1.87 bits per heavy atom. The molecule has 2 aromatic carbocycles. The van der Waals surface area contributed by atoms with Crippen LogP contribution in [0.2, 0.25) is 0 Å². The smallest absolute Gasteiger partial charge is 0.258 e. The van der Waals surface area contributed by atoms with Crippen molar-refractivity contribution in [2.24, 2.45) is 0 Å². The summed E-state index contributed by atoms with van der Waals surface area (Å²) in [5.41, 5.74) is 0.889. The van der Waals surface area contributed by atoms with Crippen molar-refractivity contribution in [1.29, 1.82) is 0 Å². The molecule has 2 aromatic rings. The van der Waals surface area contributed by atoms with E-state index < -0.39 is 33.3 Å². The summed E-state index contributed by atoms with van der Waals surface area (Å²) in [6.45, 7) is 3.80. The highest BCUT2D eigenvalue weighted by atomic mass is 35.5. The van der Waals surface area contributed by atoms with Crippen molar-refractivity contribution in [2.45, 2.75) is 22.1 Å². The third-order valence-electron chi connectivity index (χ3n) is 5.86. The number of ether oxygens (including phenoxy) is 1. The van der Waals surface area contributed by atoms with Gasteiger partial charge in [0.05, 0.1) is 12.8 Å². The minimum absolute atomic E-state index is 0.0336. The zero-order valence-electron chi connectivity index (χ0n) is 16.4. The van der Waals surface area contributed by atoms with Gasteiger partial charge in [0, 0.05) is 11.5 Å². The molecule has 3 atom stereocenters. The van der Waals surface area contributed by atoms with Crippen LogP contribution in [0.4, 0.5) is 10.1 Å². The molecule has 2 aliphatic rings. The number of fused-ring (bicyclic) bond motifs is 1. The fourth-order valence-corrected chi connectivity index (χ4v) is 5.17. The van der Waals surface area contributed by atoms with E-state index in [0.717, 1.165) is 17.0 Å². The summed E-state index contributed by atoms with van der Waals surface area (Å²) in [5.74, 6) is -2.94. The highest BCUT2D eigenvalue weighted by Gasteiger charge is 2.73. The van der Waals surface area contributed by atoms with E-state index in [1.165, 1.54) is 31.4 Å². The number of phenolic OH excluding ortho intramolecular Hbond substituents is 1. The number of aromatic hydroxyl groups is 1. The Morgan fingerprint density at radius 3 is 2.48 bits per heavy atom. The van der Waals surface area contributed by atoms with Crippen LogP contribution in [0, 0.1) is 5.82 Å². The molecular weight excluding hydrogens is 444 g/mol. The molecule has 0 saturated carbocycles. The Hall–Kier alpha value is -2.83. The standard InChI is InChI=1S/C23H18Cl2FNO4/c1-3-13-11-12-22(24)20(29)27(15-9-7-14(26)8-10-15)21(30)23(22,25)19(13)18-16(28)5-4-6-17(18)31-2/h3-11,19,28H,1,12H2,2H3. The van der Waals surface area contributed by atoms with Gasteiger partial charge in [-0.3, -0.25) is 9.59 Å². The summed E-state index contributed by atoms with van der Waals surface area (Å²) < 4.78 is 18.8. The first-order chi connectivity index (χ1) is 14.7. The summed E-state index contributed by atoms with van der Waals surface area (Å²) in [7, 11) is 1.42. The first-order valence-electron chi connectivity index (χ1n) is 9.41. The topological polar surface area (TPSA) is 66.8 Å². The van der Waals surface area contributed by atoms with Gasteiger partial charge in [0.15, 0.2) is 9.75 Å². The molecule has 0 bridgehead atoms. The van der Waals surface area contributed by atoms with E-state index in [9.17, 15) is 19.1 Å². The molecule has 5 nitrogen and oxygen atoms in total. The highest BCUT2D eigenvalue weighted by Crippen LogP contribution is 2.61. The SMILES string of the molecule is C=CC1=CCC2(Cl)C(=O)N(c3ccc(F)cc3)C(=O)C2(Cl)C1c1c(O)cccc1OC. The monoisotopic (exact) mass is 461 g/mol. The minimum atomic E-state index is -2.00. The van der Waals surface area contributed by atoms with Crippen molar-refractivity contribution in [3.05, 3.63) is 78.1 Å². The number of hydrogen-bond donors (Lipinski definition) is 1. The molecular formula is C23H18Cl2FNO4. The molecule has 0 radical (unpaired) electrons. The summed E-state index contributed by atoms with van der Waals surface area (Å²) in [5, 5.41) is 10.7. The quantitative estimate of drug-likeness (QED) is 0.530. The Bertz CT molecular complexity index is 1130. The van der Waals surface area contributed by atoms with E-state index in [1.807, 2.05) is 0 Å². The summed E-state index contributed by atoms with van der Waals surface area (Å²) >= 11 is 13.9. The van der Waals surface area contributed by atoms with Crippen LogP contribution in [-0.2, 0) is 9.59 Å². The molecule has 4 rings (SSSR count). The van der Waals surface area contributed by atoms with Crippen molar-refractivity contribution in [3.63, 3.8) is 0 Å². The molecule has 1 N–H and O–H groups in total. The summed E-state index contributed by atoms with van der Waals surface area (Å²) in [4.78, 5) is 24.2. The summed E-state index contributed by atoms with van der Waals surface area (Å²) in [6.07, 6.45) is 3.15. The van der Waals surface area contributed by atoms with Gasteiger partial charge in [0.25, 0.3) is 11.8 Å². The Balaban J connectivity index is 1.97. The molecule has 1 aliphatic carbocycles. The Morgan fingerprint density at radius 1 is 1.19 bits per heavy atom. The van der Waals surface area contributed by atoms with E-state index in [0.29, 0.717) is 5.57 Å². The van der Waals surface area contributed by atoms with Gasteiger partial charge in [-0.2, -0.15) is 0 Å². The van der Waals surface area contributed by atoms with Crippen molar-refractivity contribution >= 4 is 40.7 Å². The van der Waals surface area contributed by atoms with Crippen molar-refractivity contribution < 1.29 is 23.8 Å². The second-order valence-corrected chi connectivity index (χ2v) is 8.61. The van der Waals surface area contributed by atoms with E-state index >= 15 is 0 Å². The van der Waals surface area contributed by atoms with E-state index in [1.54, 1.807) is 18.2 Å². The number of halogens is 3. The van der Waals surface area contributed by atoms with Gasteiger partial charge in [0.1, 0.15) is 17.3 Å². The molecule has 1 aliphatic heterocycles. The number of imide groups is 1. The molecule has 8 heteroatoms. The lowest BCUT2D eigenvalue weighted by atomic mass is 9.68. The van der Waals surface area contributed by atoms with Crippen LogP contribution in [0.5, 0.6) is 11.5 Å². The number of benzene rings is 2. The number of rotatable bonds is 4. The fourth-order valence-electron chi connectivity index (χ4n) is 4.34. The zero-order valence-corrected chi connectivity index (χ0v) is 18.0. The van der Waals surface area contributed by atoms with Crippen LogP contribution in [0.15, 0.2) is 66.8 Å². The number of alkyl halides is 2. The van der Waals surface area contributed by atoms with Gasteiger partial charge >= 0.3 is 0 Å². The molecule has 1 saturated heterocycles. The molecule has 1 fully saturated rings. The van der Waals surface area contributed by atoms with E-state index in [4.69, 9.17) is 27.9 Å². The molecule has 31 heavy (non-hydrogen) atoms. The molecule has 0 spiro atoms. The third kappa shape index (κ3) is 2.82. The number of carbonyl (C=O) groups is 2. The lowest BCUT2D eigenvalue weighted by molar-refractivity contribution is -0.122. The number of amides is 2. The number of carbonyl (C=O) groups excluding carboxylic acids is 2. The van der Waals surface area contributed by atoms with E-state index in [-0.39, 0.29) is 29.2 Å². The predicted molar refractivity (Wildman–Crippen MR) is 116 cm³/mol. The minimum Gasteiger partial charge on any atom is -0.508 e. The van der Waals surface area contributed by atoms with Crippen LogP contribution in [0.25, 0.3) is 0 Å². The normalized spacial score (nSPS) is 27.7. The lowest BCUT2D eigenvalue weighted by Gasteiger charge is -2.42. The molecule has 0 aromatic heterocycles. The molecule has 3 unspecified atom stereocenters. The van der Waals surface area contributed by atoms with Gasteiger partial charge in [-0.15, -0.1) is 23.2 Å². The lowest BCUT2D eigenvalue weighted by Crippen LogP contribution is -2.55. The first-order valence-corrected chi connectivity index (χ1v) is 10.2. The Labute approximate surface area is 188 Å². The second kappa shape index (κ2) is 7.39. The van der Waals surface area contributed by atoms with Gasteiger partial charge in [0.2, 0.25) is 0 Å². The number of anilines is 1. The third-order valence-corrected chi connectivity index (χ3v) is 7.27. The molecule has 160 valence electrons. The second-order valence-electron chi connectivity index (χ2n) is 7.37. The van der Waals surface area contributed by atoms with Crippen LogP contribution < -0.4 is 9.64 Å². The van der Waals surface area contributed by atoms with E-state index in [2.05, 4.69) is 6.58 Å².